The Bertz CT molecular complexity index is 1090. The van der Waals surface area contributed by atoms with E-state index < -0.39 is 17.7 Å². The predicted octanol–water partition coefficient (Wildman–Crippen LogP) is 7.04. The number of esters is 1. The van der Waals surface area contributed by atoms with Gasteiger partial charge in [0, 0.05) is 16.7 Å². The van der Waals surface area contributed by atoms with Crippen LogP contribution < -0.4 is 4.74 Å². The zero-order chi connectivity index (χ0) is 21.9. The summed E-state index contributed by atoms with van der Waals surface area (Å²) < 4.78 is 50.7. The summed E-state index contributed by atoms with van der Waals surface area (Å²) in [6.45, 7) is 1.83. The van der Waals surface area contributed by atoms with Crippen LogP contribution in [-0.2, 0) is 10.9 Å². The second-order valence-corrected chi connectivity index (χ2v) is 6.90. The number of ether oxygens (including phenoxy) is 2. The molecular formula is C21H14Cl2F3NO3. The second-order valence-electron chi connectivity index (χ2n) is 6.06. The molecule has 0 N–H and O–H groups in total. The number of pyridine rings is 1. The van der Waals surface area contributed by atoms with E-state index >= 15 is 0 Å². The summed E-state index contributed by atoms with van der Waals surface area (Å²) in [6, 6.07) is 11.9. The predicted molar refractivity (Wildman–Crippen MR) is 107 cm³/mol. The molecule has 3 rings (SSSR count). The number of benzene rings is 2. The quantitative estimate of drug-likeness (QED) is 0.387. The number of aromatic nitrogens is 1. The van der Waals surface area contributed by atoms with Crippen molar-refractivity contribution >= 4 is 29.2 Å². The van der Waals surface area contributed by atoms with Crippen molar-refractivity contribution in [3.05, 3.63) is 75.8 Å². The molecule has 2 aromatic carbocycles. The van der Waals surface area contributed by atoms with E-state index in [-0.39, 0.29) is 34.5 Å². The summed E-state index contributed by atoms with van der Waals surface area (Å²) in [5, 5.41) is 0.466. The molecule has 0 fully saturated rings. The number of hydrogen-bond acceptors (Lipinski definition) is 4. The van der Waals surface area contributed by atoms with E-state index in [4.69, 9.17) is 32.7 Å². The Morgan fingerprint density at radius 2 is 1.83 bits per heavy atom. The molecule has 0 spiro atoms. The van der Waals surface area contributed by atoms with E-state index in [1.165, 1.54) is 42.5 Å². The van der Waals surface area contributed by atoms with Crippen molar-refractivity contribution in [2.45, 2.75) is 13.1 Å². The molecule has 0 amide bonds. The Balaban J connectivity index is 2.06. The lowest BCUT2D eigenvalue weighted by Gasteiger charge is -2.13. The molecule has 156 valence electrons. The minimum Gasteiger partial charge on any atom is -0.462 e. The van der Waals surface area contributed by atoms with E-state index in [1.807, 2.05) is 0 Å². The van der Waals surface area contributed by atoms with Crippen LogP contribution in [0.3, 0.4) is 0 Å². The molecule has 0 unspecified atom stereocenters. The number of rotatable bonds is 5. The fourth-order valence-corrected chi connectivity index (χ4v) is 3.01. The van der Waals surface area contributed by atoms with Crippen molar-refractivity contribution in [3.8, 4) is 22.9 Å². The Kier molecular flexibility index (Phi) is 6.53. The van der Waals surface area contributed by atoms with Gasteiger partial charge in [0.05, 0.1) is 28.5 Å². The van der Waals surface area contributed by atoms with Gasteiger partial charge >= 0.3 is 12.1 Å². The maximum absolute atomic E-state index is 13.4. The molecule has 0 aliphatic heterocycles. The average Bonchev–Trinajstić information content (AvgIpc) is 2.69. The molecular weight excluding hydrogens is 442 g/mol. The van der Waals surface area contributed by atoms with E-state index in [9.17, 15) is 18.0 Å². The Labute approximate surface area is 180 Å². The second kappa shape index (κ2) is 8.93. The van der Waals surface area contributed by atoms with Crippen LogP contribution >= 0.6 is 23.2 Å². The highest BCUT2D eigenvalue weighted by Gasteiger charge is 2.32. The van der Waals surface area contributed by atoms with Gasteiger partial charge in [0.2, 0.25) is 5.88 Å². The standard InChI is InChI=1S/C21H14Cl2F3NO3/c1-2-29-20(28)13-5-3-4-12(8-13)17-9-14(21(24,25)26)10-19(27-17)30-18-7-6-15(22)11-16(18)23/h3-11H,2H2,1H3. The summed E-state index contributed by atoms with van der Waals surface area (Å²) in [5.74, 6) is -0.805. The lowest BCUT2D eigenvalue weighted by molar-refractivity contribution is -0.137. The normalized spacial score (nSPS) is 11.3. The molecule has 0 saturated heterocycles. The number of carbonyl (C=O) groups excluding carboxylic acids is 1. The zero-order valence-electron chi connectivity index (χ0n) is 15.5. The largest absolute Gasteiger partial charge is 0.462 e. The van der Waals surface area contributed by atoms with Gasteiger partial charge in [0.15, 0.2) is 0 Å². The third kappa shape index (κ3) is 5.23. The van der Waals surface area contributed by atoms with Gasteiger partial charge in [-0.25, -0.2) is 9.78 Å². The molecule has 0 aliphatic carbocycles. The van der Waals surface area contributed by atoms with Gasteiger partial charge in [0.25, 0.3) is 0 Å². The number of hydrogen-bond donors (Lipinski definition) is 0. The monoisotopic (exact) mass is 455 g/mol. The number of halogens is 5. The maximum atomic E-state index is 13.4. The molecule has 9 heteroatoms. The fourth-order valence-electron chi connectivity index (χ4n) is 2.56. The third-order valence-electron chi connectivity index (χ3n) is 3.91. The van der Waals surface area contributed by atoms with Crippen LogP contribution in [0.1, 0.15) is 22.8 Å². The lowest BCUT2D eigenvalue weighted by atomic mass is 10.1. The Morgan fingerprint density at radius 3 is 2.50 bits per heavy atom. The smallest absolute Gasteiger partial charge is 0.416 e. The number of carbonyl (C=O) groups is 1. The van der Waals surface area contributed by atoms with Crippen LogP contribution in [0.15, 0.2) is 54.6 Å². The van der Waals surface area contributed by atoms with Crippen molar-refractivity contribution in [2.75, 3.05) is 6.61 Å². The van der Waals surface area contributed by atoms with Crippen molar-refractivity contribution in [2.24, 2.45) is 0 Å². The van der Waals surface area contributed by atoms with Gasteiger partial charge in [-0.2, -0.15) is 13.2 Å². The van der Waals surface area contributed by atoms with Crippen molar-refractivity contribution in [1.82, 2.24) is 4.98 Å². The minimum atomic E-state index is -4.64. The van der Waals surface area contributed by atoms with E-state index in [0.717, 1.165) is 12.1 Å². The molecule has 0 atom stereocenters. The zero-order valence-corrected chi connectivity index (χ0v) is 17.0. The van der Waals surface area contributed by atoms with Crippen molar-refractivity contribution in [3.63, 3.8) is 0 Å². The molecule has 3 aromatic rings. The van der Waals surface area contributed by atoms with Gasteiger partial charge in [-0.3, -0.25) is 0 Å². The summed E-state index contributed by atoms with van der Waals surface area (Å²) in [5.41, 5.74) is -0.513. The van der Waals surface area contributed by atoms with Crippen LogP contribution in [0, 0.1) is 0 Å². The lowest BCUT2D eigenvalue weighted by Crippen LogP contribution is -2.07. The summed E-state index contributed by atoms with van der Waals surface area (Å²) in [4.78, 5) is 16.1. The molecule has 0 radical (unpaired) electrons. The van der Waals surface area contributed by atoms with E-state index in [0.29, 0.717) is 10.6 Å². The first kappa shape index (κ1) is 21.9. The van der Waals surface area contributed by atoms with Crippen molar-refractivity contribution in [1.29, 1.82) is 0 Å². The number of alkyl halides is 3. The topological polar surface area (TPSA) is 48.4 Å². The van der Waals surface area contributed by atoms with E-state index in [1.54, 1.807) is 6.92 Å². The highest BCUT2D eigenvalue weighted by molar-refractivity contribution is 6.35. The molecule has 1 heterocycles. The average molecular weight is 456 g/mol. The maximum Gasteiger partial charge on any atom is 0.416 e. The van der Waals surface area contributed by atoms with Gasteiger partial charge in [-0.15, -0.1) is 0 Å². The summed E-state index contributed by atoms with van der Waals surface area (Å²) in [7, 11) is 0. The van der Waals surface area contributed by atoms with Gasteiger partial charge < -0.3 is 9.47 Å². The molecule has 4 nitrogen and oxygen atoms in total. The summed E-state index contributed by atoms with van der Waals surface area (Å²) in [6.07, 6.45) is -4.64. The third-order valence-corrected chi connectivity index (χ3v) is 4.44. The number of nitrogens with zero attached hydrogens (tertiary/aromatic N) is 1. The van der Waals surface area contributed by atoms with E-state index in [2.05, 4.69) is 4.98 Å². The molecule has 30 heavy (non-hydrogen) atoms. The van der Waals surface area contributed by atoms with Crippen LogP contribution in [0.4, 0.5) is 13.2 Å². The summed E-state index contributed by atoms with van der Waals surface area (Å²) >= 11 is 11.9. The molecule has 0 aliphatic rings. The molecule has 0 saturated carbocycles. The van der Waals surface area contributed by atoms with Crippen LogP contribution in [-0.4, -0.2) is 17.6 Å². The van der Waals surface area contributed by atoms with Crippen LogP contribution in [0.2, 0.25) is 10.0 Å². The van der Waals surface area contributed by atoms with Gasteiger partial charge in [-0.1, -0.05) is 35.3 Å². The first-order valence-corrected chi connectivity index (χ1v) is 9.42. The minimum absolute atomic E-state index is 0.0314. The highest BCUT2D eigenvalue weighted by atomic mass is 35.5. The Hall–Kier alpha value is -2.77. The molecule has 0 bridgehead atoms. The van der Waals surface area contributed by atoms with Gasteiger partial charge in [0.1, 0.15) is 5.75 Å². The van der Waals surface area contributed by atoms with Gasteiger partial charge in [-0.05, 0) is 43.3 Å². The van der Waals surface area contributed by atoms with Crippen molar-refractivity contribution < 1.29 is 27.4 Å². The van der Waals surface area contributed by atoms with Crippen LogP contribution in [0.25, 0.3) is 11.3 Å². The Morgan fingerprint density at radius 1 is 1.07 bits per heavy atom. The molecule has 1 aromatic heterocycles. The van der Waals surface area contributed by atoms with Crippen LogP contribution in [0.5, 0.6) is 11.6 Å². The fraction of sp³-hybridized carbons (Fsp3) is 0.143. The SMILES string of the molecule is CCOC(=O)c1cccc(-c2cc(C(F)(F)F)cc(Oc3ccc(Cl)cc3Cl)n2)c1. The first-order chi connectivity index (χ1) is 14.2. The highest BCUT2D eigenvalue weighted by Crippen LogP contribution is 2.37. The first-order valence-electron chi connectivity index (χ1n) is 8.67.